The van der Waals surface area contributed by atoms with E-state index >= 15 is 0 Å². The van der Waals surface area contributed by atoms with E-state index in [0.29, 0.717) is 30.3 Å². The molecule has 5 nitrogen and oxygen atoms in total. The number of hydrogen-bond donors (Lipinski definition) is 1. The van der Waals surface area contributed by atoms with E-state index in [1.807, 2.05) is 30.5 Å². The summed E-state index contributed by atoms with van der Waals surface area (Å²) in [6.07, 6.45) is 3.08. The highest BCUT2D eigenvalue weighted by atomic mass is 32.1. The second-order valence-corrected chi connectivity index (χ2v) is 8.28. The summed E-state index contributed by atoms with van der Waals surface area (Å²) < 4.78 is 0. The summed E-state index contributed by atoms with van der Waals surface area (Å²) in [5, 5.41) is 0. The quantitative estimate of drug-likeness (QED) is 0.475. The fraction of sp³-hybridized carbons (Fsp3) is 0.333. The largest absolute Gasteiger partial charge is 0.352 e. The van der Waals surface area contributed by atoms with Crippen LogP contribution in [0.1, 0.15) is 58.5 Å². The van der Waals surface area contributed by atoms with Gasteiger partial charge in [-0.05, 0) is 29.2 Å². The number of Topliss-reactive ketones (excluding diaryl/α,β-unsaturated/α-hetero) is 1. The Morgan fingerprint density at radius 3 is 2.80 bits per heavy atom. The van der Waals surface area contributed by atoms with Crippen molar-refractivity contribution in [3.8, 4) is 0 Å². The number of benzene rings is 1. The molecule has 0 unspecified atom stereocenters. The molecule has 3 aromatic rings. The van der Waals surface area contributed by atoms with E-state index in [2.05, 4.69) is 58.5 Å². The van der Waals surface area contributed by atoms with Crippen LogP contribution in [0.2, 0.25) is 0 Å². The molecule has 0 bridgehead atoms. The van der Waals surface area contributed by atoms with Crippen molar-refractivity contribution in [2.45, 2.75) is 44.9 Å². The molecule has 0 aliphatic carbocycles. The van der Waals surface area contributed by atoms with Gasteiger partial charge in [0.15, 0.2) is 5.78 Å². The van der Waals surface area contributed by atoms with Gasteiger partial charge in [0.05, 0.1) is 11.4 Å². The Bertz CT molecular complexity index is 1070. The van der Waals surface area contributed by atoms with Gasteiger partial charge in [-0.2, -0.15) is 12.6 Å². The monoisotopic (exact) mass is 418 g/mol. The fourth-order valence-electron chi connectivity index (χ4n) is 3.72. The SMILES string of the molecule is CC(C)c1cccc(CC(=O)c2cccc(N3CCc4nc(CS)ncc4C3)n2)c1. The molecule has 0 N–H and O–H groups in total. The van der Waals surface area contributed by atoms with Crippen LogP contribution >= 0.6 is 12.6 Å². The Kier molecular flexibility index (Phi) is 6.13. The van der Waals surface area contributed by atoms with Crippen molar-refractivity contribution in [3.63, 3.8) is 0 Å². The Morgan fingerprint density at radius 1 is 1.17 bits per heavy atom. The summed E-state index contributed by atoms with van der Waals surface area (Å²) >= 11 is 4.26. The van der Waals surface area contributed by atoms with Crippen LogP contribution in [0.4, 0.5) is 5.82 Å². The number of fused-ring (bicyclic) bond motifs is 1. The lowest BCUT2D eigenvalue weighted by atomic mass is 9.98. The predicted molar refractivity (Wildman–Crippen MR) is 122 cm³/mol. The van der Waals surface area contributed by atoms with Crippen molar-refractivity contribution in [2.75, 3.05) is 11.4 Å². The van der Waals surface area contributed by atoms with Gasteiger partial charge >= 0.3 is 0 Å². The summed E-state index contributed by atoms with van der Waals surface area (Å²) in [5.74, 6) is 2.61. The number of pyridine rings is 1. The molecule has 0 radical (unpaired) electrons. The number of aromatic nitrogens is 3. The normalized spacial score (nSPS) is 13.4. The number of rotatable bonds is 6. The molecule has 0 fully saturated rings. The number of carbonyl (C=O) groups excluding carboxylic acids is 1. The van der Waals surface area contributed by atoms with Gasteiger partial charge in [0.1, 0.15) is 17.3 Å². The highest BCUT2D eigenvalue weighted by Crippen LogP contribution is 2.23. The van der Waals surface area contributed by atoms with E-state index in [0.717, 1.165) is 41.4 Å². The third-order valence-electron chi connectivity index (χ3n) is 5.45. The van der Waals surface area contributed by atoms with E-state index < -0.39 is 0 Å². The van der Waals surface area contributed by atoms with E-state index in [1.165, 1.54) is 5.56 Å². The zero-order chi connectivity index (χ0) is 21.1. The van der Waals surface area contributed by atoms with Crippen LogP contribution in [0.25, 0.3) is 0 Å². The topological polar surface area (TPSA) is 59.0 Å². The van der Waals surface area contributed by atoms with Gasteiger partial charge < -0.3 is 4.90 Å². The zero-order valence-electron chi connectivity index (χ0n) is 17.4. The molecule has 6 heteroatoms. The summed E-state index contributed by atoms with van der Waals surface area (Å²) in [6.45, 7) is 5.83. The summed E-state index contributed by atoms with van der Waals surface area (Å²) in [4.78, 5) is 28.7. The average Bonchev–Trinajstić information content (AvgIpc) is 2.78. The van der Waals surface area contributed by atoms with Crippen LogP contribution in [0.5, 0.6) is 0 Å². The molecule has 2 aromatic heterocycles. The molecular weight excluding hydrogens is 392 g/mol. The van der Waals surface area contributed by atoms with Crippen molar-refractivity contribution >= 4 is 24.2 Å². The van der Waals surface area contributed by atoms with Crippen LogP contribution in [-0.2, 0) is 25.1 Å². The summed E-state index contributed by atoms with van der Waals surface area (Å²) in [7, 11) is 0. The number of hydrogen-bond acceptors (Lipinski definition) is 6. The first-order valence-corrected chi connectivity index (χ1v) is 11.0. The molecule has 0 atom stereocenters. The van der Waals surface area contributed by atoms with Crippen LogP contribution in [0.3, 0.4) is 0 Å². The molecule has 154 valence electrons. The van der Waals surface area contributed by atoms with Crippen LogP contribution in [0.15, 0.2) is 48.7 Å². The molecule has 30 heavy (non-hydrogen) atoms. The minimum Gasteiger partial charge on any atom is -0.352 e. The Balaban J connectivity index is 1.50. The standard InChI is InChI=1S/C24H26N4OS/c1-16(2)18-6-3-5-17(11-18)12-22(29)21-7-4-8-24(27-21)28-10-9-20-19(14-28)13-25-23(15-30)26-20/h3-8,11,13,16,30H,9-10,12,14-15H2,1-2H3. The van der Waals surface area contributed by atoms with Gasteiger partial charge in [-0.3, -0.25) is 4.79 Å². The van der Waals surface area contributed by atoms with E-state index in [-0.39, 0.29) is 5.78 Å². The zero-order valence-corrected chi connectivity index (χ0v) is 18.3. The van der Waals surface area contributed by atoms with Crippen LogP contribution in [-0.4, -0.2) is 27.3 Å². The smallest absolute Gasteiger partial charge is 0.185 e. The molecule has 0 amide bonds. The Labute approximate surface area is 183 Å². The fourth-order valence-corrected chi connectivity index (χ4v) is 3.87. The molecule has 1 aliphatic heterocycles. The van der Waals surface area contributed by atoms with Crippen LogP contribution < -0.4 is 4.90 Å². The third-order valence-corrected chi connectivity index (χ3v) is 5.73. The maximum absolute atomic E-state index is 12.9. The molecule has 3 heterocycles. The number of nitrogens with zero attached hydrogens (tertiary/aromatic N) is 4. The van der Waals surface area contributed by atoms with Crippen molar-refractivity contribution < 1.29 is 4.79 Å². The molecule has 0 spiro atoms. The Hall–Kier alpha value is -2.73. The van der Waals surface area contributed by atoms with E-state index in [1.54, 1.807) is 6.07 Å². The van der Waals surface area contributed by atoms with E-state index in [9.17, 15) is 4.79 Å². The maximum Gasteiger partial charge on any atom is 0.185 e. The van der Waals surface area contributed by atoms with Gasteiger partial charge in [-0.25, -0.2) is 15.0 Å². The number of anilines is 1. The van der Waals surface area contributed by atoms with Crippen molar-refractivity contribution in [3.05, 3.63) is 82.6 Å². The number of ketones is 1. The van der Waals surface area contributed by atoms with Crippen molar-refractivity contribution in [1.82, 2.24) is 15.0 Å². The third kappa shape index (κ3) is 4.54. The van der Waals surface area contributed by atoms with Gasteiger partial charge in [0.25, 0.3) is 0 Å². The van der Waals surface area contributed by atoms with Crippen molar-refractivity contribution in [2.24, 2.45) is 0 Å². The van der Waals surface area contributed by atoms with Gasteiger partial charge in [-0.15, -0.1) is 0 Å². The van der Waals surface area contributed by atoms with Gasteiger partial charge in [0.2, 0.25) is 0 Å². The summed E-state index contributed by atoms with van der Waals surface area (Å²) in [5.41, 5.74) is 4.98. The van der Waals surface area contributed by atoms with Crippen LogP contribution in [0, 0.1) is 0 Å². The van der Waals surface area contributed by atoms with E-state index in [4.69, 9.17) is 0 Å². The predicted octanol–water partition coefficient (Wildman–Crippen LogP) is 4.41. The second kappa shape index (κ2) is 8.96. The first kappa shape index (κ1) is 20.5. The molecular formula is C24H26N4OS. The number of thiol groups is 1. The molecule has 0 saturated heterocycles. The highest BCUT2D eigenvalue weighted by molar-refractivity contribution is 7.79. The minimum atomic E-state index is 0.0388. The molecule has 0 saturated carbocycles. The molecule has 4 rings (SSSR count). The lowest BCUT2D eigenvalue weighted by Crippen LogP contribution is -2.32. The lowest BCUT2D eigenvalue weighted by molar-refractivity contribution is 0.0988. The lowest BCUT2D eigenvalue weighted by Gasteiger charge is -2.29. The minimum absolute atomic E-state index is 0.0388. The summed E-state index contributed by atoms with van der Waals surface area (Å²) in [6, 6.07) is 13.9. The number of carbonyl (C=O) groups is 1. The van der Waals surface area contributed by atoms with Gasteiger partial charge in [0, 0.05) is 37.7 Å². The van der Waals surface area contributed by atoms with Crippen molar-refractivity contribution in [1.29, 1.82) is 0 Å². The first-order valence-electron chi connectivity index (χ1n) is 10.3. The maximum atomic E-state index is 12.9. The molecule has 1 aromatic carbocycles. The second-order valence-electron chi connectivity index (χ2n) is 7.97. The highest BCUT2D eigenvalue weighted by Gasteiger charge is 2.20. The Morgan fingerprint density at radius 2 is 2.00 bits per heavy atom. The average molecular weight is 419 g/mol. The molecule has 1 aliphatic rings. The first-order chi connectivity index (χ1) is 14.5. The van der Waals surface area contributed by atoms with Gasteiger partial charge in [-0.1, -0.05) is 44.2 Å².